The van der Waals surface area contributed by atoms with Crippen LogP contribution >= 0.6 is 24.8 Å². The largest absolute Gasteiger partial charge is 0.412 e. The summed E-state index contributed by atoms with van der Waals surface area (Å²) in [6, 6.07) is 2.54. The quantitative estimate of drug-likeness (QED) is 0.868. The highest BCUT2D eigenvalue weighted by atomic mass is 35.5. The summed E-state index contributed by atoms with van der Waals surface area (Å²) in [6.45, 7) is 4.46. The van der Waals surface area contributed by atoms with Gasteiger partial charge in [-0.05, 0) is 24.9 Å². The molecule has 0 radical (unpaired) electrons. The lowest BCUT2D eigenvalue weighted by molar-refractivity contribution is 0.338. The zero-order chi connectivity index (χ0) is 12.5. The molecule has 1 saturated heterocycles. The van der Waals surface area contributed by atoms with Crippen molar-refractivity contribution in [1.29, 1.82) is 0 Å². The molecule has 0 aromatic carbocycles. The molecule has 0 saturated carbocycles. The molecule has 4 N–H and O–H groups in total. The molecule has 6 nitrogen and oxygen atoms in total. The standard InChI is InChI=1S/C13H19N5.2ClH.H2O/c1-9-3-5-14-7-11(9)18(2)13-10-4-6-15-12(10)16-8-17-13;;;/h4,6,8-9,11,14H,3,5,7H2,1-2H3,(H,15,16,17);2*1H;1H2/t9-,11+;;;/m1.../s1. The first-order chi connectivity index (χ1) is 8.77. The topological polar surface area (TPSA) is 88.3 Å². The summed E-state index contributed by atoms with van der Waals surface area (Å²) in [5, 5.41) is 4.56. The maximum absolute atomic E-state index is 4.46. The second kappa shape index (κ2) is 8.38. The predicted molar refractivity (Wildman–Crippen MR) is 90.8 cm³/mol. The fraction of sp³-hybridized carbons (Fsp3) is 0.538. The molecule has 2 aromatic rings. The van der Waals surface area contributed by atoms with Crippen molar-refractivity contribution in [3.05, 3.63) is 18.6 Å². The Morgan fingerprint density at radius 3 is 2.76 bits per heavy atom. The molecule has 2 aromatic heterocycles. The van der Waals surface area contributed by atoms with E-state index in [1.807, 2.05) is 12.3 Å². The van der Waals surface area contributed by atoms with Gasteiger partial charge in [-0.1, -0.05) is 6.92 Å². The maximum Gasteiger partial charge on any atom is 0.142 e. The molecule has 1 aliphatic rings. The van der Waals surface area contributed by atoms with Crippen LogP contribution < -0.4 is 10.2 Å². The Morgan fingerprint density at radius 2 is 2.05 bits per heavy atom. The number of nitrogens with one attached hydrogen (secondary N) is 2. The Kier molecular flexibility index (Phi) is 7.95. The number of likely N-dealkylation sites (N-methyl/N-ethyl adjacent to an activating group) is 1. The third-order valence-corrected chi connectivity index (χ3v) is 3.95. The van der Waals surface area contributed by atoms with Gasteiger partial charge in [-0.25, -0.2) is 9.97 Å². The van der Waals surface area contributed by atoms with Crippen molar-refractivity contribution in [3.63, 3.8) is 0 Å². The van der Waals surface area contributed by atoms with Gasteiger partial charge >= 0.3 is 0 Å². The molecule has 2 atom stereocenters. The lowest BCUT2D eigenvalue weighted by Gasteiger charge is -2.37. The number of hydrogen-bond acceptors (Lipinski definition) is 4. The van der Waals surface area contributed by atoms with Crippen molar-refractivity contribution in [2.24, 2.45) is 5.92 Å². The van der Waals surface area contributed by atoms with E-state index in [0.717, 1.165) is 29.9 Å². The van der Waals surface area contributed by atoms with E-state index < -0.39 is 0 Å². The Labute approximate surface area is 136 Å². The fourth-order valence-corrected chi connectivity index (χ4v) is 2.79. The van der Waals surface area contributed by atoms with Crippen LogP contribution in [0, 0.1) is 5.92 Å². The highest BCUT2D eigenvalue weighted by molar-refractivity contribution is 5.87. The summed E-state index contributed by atoms with van der Waals surface area (Å²) in [4.78, 5) is 14.1. The first-order valence-electron chi connectivity index (χ1n) is 6.49. The number of hydrogen-bond donors (Lipinski definition) is 2. The highest BCUT2D eigenvalue weighted by Gasteiger charge is 2.26. The summed E-state index contributed by atoms with van der Waals surface area (Å²) in [5.41, 5.74) is 0.906. The van der Waals surface area contributed by atoms with Crippen LogP contribution in [0.5, 0.6) is 0 Å². The molecular formula is C13H23Cl2N5O. The summed E-state index contributed by atoms with van der Waals surface area (Å²) in [7, 11) is 2.13. The van der Waals surface area contributed by atoms with E-state index in [9.17, 15) is 0 Å². The van der Waals surface area contributed by atoms with Crippen LogP contribution in [0.1, 0.15) is 13.3 Å². The SMILES string of the molecule is C[C@@H]1CCNC[C@@H]1N(C)c1ncnc2[nH]ccc12.Cl.Cl.O. The molecule has 0 bridgehead atoms. The molecule has 21 heavy (non-hydrogen) atoms. The van der Waals surface area contributed by atoms with Crippen molar-refractivity contribution in [2.75, 3.05) is 25.0 Å². The number of fused-ring (bicyclic) bond motifs is 1. The number of rotatable bonds is 2. The van der Waals surface area contributed by atoms with E-state index in [1.165, 1.54) is 6.42 Å². The van der Waals surface area contributed by atoms with Gasteiger partial charge in [0.2, 0.25) is 0 Å². The molecule has 0 amide bonds. The summed E-state index contributed by atoms with van der Waals surface area (Å²) >= 11 is 0. The first-order valence-corrected chi connectivity index (χ1v) is 6.49. The van der Waals surface area contributed by atoms with E-state index in [4.69, 9.17) is 0 Å². The third kappa shape index (κ3) is 3.77. The average molecular weight is 336 g/mol. The smallest absolute Gasteiger partial charge is 0.142 e. The number of anilines is 1. The van der Waals surface area contributed by atoms with Crippen LogP contribution in [0.15, 0.2) is 18.6 Å². The van der Waals surface area contributed by atoms with Gasteiger partial charge in [0.15, 0.2) is 0 Å². The number of aromatic nitrogens is 3. The number of H-pyrrole nitrogens is 1. The second-order valence-corrected chi connectivity index (χ2v) is 5.09. The molecular weight excluding hydrogens is 313 g/mol. The molecule has 1 fully saturated rings. The minimum Gasteiger partial charge on any atom is -0.412 e. The average Bonchev–Trinajstić information content (AvgIpc) is 2.86. The Hall–Kier alpha value is -1.08. The Balaban J connectivity index is 0.00000133. The van der Waals surface area contributed by atoms with Gasteiger partial charge in [0.1, 0.15) is 17.8 Å². The van der Waals surface area contributed by atoms with E-state index in [1.54, 1.807) is 6.33 Å². The van der Waals surface area contributed by atoms with Gasteiger partial charge < -0.3 is 20.7 Å². The van der Waals surface area contributed by atoms with Crippen molar-refractivity contribution in [1.82, 2.24) is 20.3 Å². The monoisotopic (exact) mass is 335 g/mol. The van der Waals surface area contributed by atoms with Crippen LogP contribution in [0.3, 0.4) is 0 Å². The minimum absolute atomic E-state index is 0. The van der Waals surface area contributed by atoms with Gasteiger partial charge in [-0.2, -0.15) is 0 Å². The molecule has 0 aliphatic carbocycles. The van der Waals surface area contributed by atoms with Crippen LogP contribution in [0.2, 0.25) is 0 Å². The summed E-state index contributed by atoms with van der Waals surface area (Å²) < 4.78 is 0. The maximum atomic E-state index is 4.46. The zero-order valence-electron chi connectivity index (χ0n) is 12.2. The lowest BCUT2D eigenvalue weighted by atomic mass is 9.93. The summed E-state index contributed by atoms with van der Waals surface area (Å²) in [5.74, 6) is 1.70. The normalized spacial score (nSPS) is 20.9. The second-order valence-electron chi connectivity index (χ2n) is 5.09. The molecule has 0 unspecified atom stereocenters. The minimum atomic E-state index is 0. The third-order valence-electron chi connectivity index (χ3n) is 3.95. The Morgan fingerprint density at radius 1 is 1.29 bits per heavy atom. The van der Waals surface area contributed by atoms with Gasteiger partial charge in [-0.15, -0.1) is 24.8 Å². The first kappa shape index (κ1) is 19.9. The van der Waals surface area contributed by atoms with Crippen LogP contribution in [0.4, 0.5) is 5.82 Å². The number of halogens is 2. The van der Waals surface area contributed by atoms with Crippen molar-refractivity contribution in [2.45, 2.75) is 19.4 Å². The summed E-state index contributed by atoms with van der Waals surface area (Å²) in [6.07, 6.45) is 4.77. The highest BCUT2D eigenvalue weighted by Crippen LogP contribution is 2.26. The van der Waals surface area contributed by atoms with Gasteiger partial charge in [0.05, 0.1) is 5.39 Å². The van der Waals surface area contributed by atoms with Crippen LogP contribution in [-0.2, 0) is 0 Å². The van der Waals surface area contributed by atoms with E-state index in [0.29, 0.717) is 12.0 Å². The molecule has 8 heteroatoms. The van der Waals surface area contributed by atoms with E-state index >= 15 is 0 Å². The van der Waals surface area contributed by atoms with Crippen LogP contribution in [0.25, 0.3) is 11.0 Å². The number of piperidine rings is 1. The lowest BCUT2D eigenvalue weighted by Crippen LogP contribution is -2.49. The number of aromatic amines is 1. The van der Waals surface area contributed by atoms with Crippen molar-refractivity contribution >= 4 is 41.7 Å². The Bertz CT molecular complexity index is 550. The molecule has 1 aliphatic heterocycles. The fourth-order valence-electron chi connectivity index (χ4n) is 2.79. The van der Waals surface area contributed by atoms with E-state index in [2.05, 4.69) is 39.1 Å². The number of nitrogens with zero attached hydrogens (tertiary/aromatic N) is 3. The van der Waals surface area contributed by atoms with E-state index in [-0.39, 0.29) is 30.3 Å². The molecule has 3 heterocycles. The predicted octanol–water partition coefficient (Wildman–Crippen LogP) is 1.41. The molecule has 120 valence electrons. The molecule has 3 rings (SSSR count). The molecule has 0 spiro atoms. The van der Waals surface area contributed by atoms with Gasteiger partial charge in [0, 0.05) is 25.8 Å². The van der Waals surface area contributed by atoms with Crippen molar-refractivity contribution < 1.29 is 5.48 Å². The van der Waals surface area contributed by atoms with Gasteiger partial charge in [0.25, 0.3) is 0 Å². The van der Waals surface area contributed by atoms with Gasteiger partial charge in [-0.3, -0.25) is 0 Å². The zero-order valence-corrected chi connectivity index (χ0v) is 13.8. The van der Waals surface area contributed by atoms with Crippen LogP contribution in [-0.4, -0.2) is 46.6 Å². The van der Waals surface area contributed by atoms with Crippen molar-refractivity contribution in [3.8, 4) is 0 Å².